The minimum absolute atomic E-state index is 0.172. The Balaban J connectivity index is 0. The molecule has 3 nitrogen and oxygen atoms in total. The average Bonchev–Trinajstić information content (AvgIpc) is 2.04. The smallest absolute Gasteiger partial charge is 0.237 e. The number of hydrogen-bond donors (Lipinski definition) is 3. The Bertz CT molecular complexity index is 108. The highest BCUT2D eigenvalue weighted by atomic mass is 31.1. The van der Waals surface area contributed by atoms with Crippen LogP contribution in [0.2, 0.25) is 6.32 Å². The van der Waals surface area contributed by atoms with Crippen molar-refractivity contribution >= 4 is 30.5 Å². The van der Waals surface area contributed by atoms with Gasteiger partial charge in [0.15, 0.2) is 0 Å². The van der Waals surface area contributed by atoms with Gasteiger partial charge in [0, 0.05) is 6.61 Å². The Morgan fingerprint density at radius 3 is 2.18 bits per heavy atom. The third kappa shape index (κ3) is 25.6. The zero-order valence-corrected chi connectivity index (χ0v) is 7.98. The van der Waals surface area contributed by atoms with E-state index in [1.54, 1.807) is 20.0 Å². The van der Waals surface area contributed by atoms with E-state index in [1.165, 1.54) is 0 Å². The molecule has 0 heterocycles. The molecule has 0 fully saturated rings. The largest absolute Gasteiger partial charge is 0.397 e. The van der Waals surface area contributed by atoms with Crippen LogP contribution in [0, 0.1) is 10.3 Å². The molecular formula is C4H10B2N2OP2. The normalized spacial score (nSPS) is 8.09. The maximum atomic E-state index is 8.08. The standard InChI is InChI=1S/C2H6BNOP.C2H4BNP/c4-6-3-1-2-5;1-2-3-5-4/h4-5H,1-2H2;2,4H,1H2. The van der Waals surface area contributed by atoms with Gasteiger partial charge in [-0.05, 0) is 6.32 Å². The van der Waals surface area contributed by atoms with Crippen molar-refractivity contribution in [3.63, 3.8) is 0 Å². The second-order valence-corrected chi connectivity index (χ2v) is 2.52. The zero-order chi connectivity index (χ0) is 8.95. The van der Waals surface area contributed by atoms with Gasteiger partial charge >= 0.3 is 0 Å². The molecule has 58 valence electrons. The van der Waals surface area contributed by atoms with Gasteiger partial charge in [-0.3, -0.25) is 10.3 Å². The predicted octanol–water partition coefficient (Wildman–Crippen LogP) is 2.18. The SMILES string of the molecule is C=C[B]P=N.N=P[B]CCO. The van der Waals surface area contributed by atoms with E-state index >= 15 is 0 Å². The van der Waals surface area contributed by atoms with Crippen molar-refractivity contribution < 1.29 is 5.11 Å². The van der Waals surface area contributed by atoms with Crippen LogP contribution in [0.25, 0.3) is 0 Å². The molecule has 3 N–H and O–H groups in total. The molecule has 0 saturated heterocycles. The minimum Gasteiger partial charge on any atom is -0.397 e. The quantitative estimate of drug-likeness (QED) is 0.343. The monoisotopic (exact) mass is 186 g/mol. The molecule has 0 aliphatic rings. The summed E-state index contributed by atoms with van der Waals surface area (Å²) < 4.78 is 0. The molecule has 0 saturated carbocycles. The Hall–Kier alpha value is 0.0299. The molecule has 11 heavy (non-hydrogen) atoms. The second-order valence-electron chi connectivity index (χ2n) is 1.34. The molecule has 0 atom stereocenters. The van der Waals surface area contributed by atoms with E-state index in [4.69, 9.17) is 15.4 Å². The van der Waals surface area contributed by atoms with Crippen LogP contribution in [0.4, 0.5) is 0 Å². The highest BCUT2D eigenvalue weighted by molar-refractivity contribution is 7.62. The first kappa shape index (κ1) is 13.6. The number of nitrogens with one attached hydrogen (secondary N) is 2. The lowest BCUT2D eigenvalue weighted by atomic mass is 10.1. The van der Waals surface area contributed by atoms with E-state index in [-0.39, 0.29) is 6.61 Å². The molecule has 2 radical (unpaired) electrons. The Labute approximate surface area is 72.1 Å². The van der Waals surface area contributed by atoms with Gasteiger partial charge in [0.1, 0.15) is 0 Å². The van der Waals surface area contributed by atoms with Gasteiger partial charge in [0.05, 0.1) is 0 Å². The molecular weight excluding hydrogens is 176 g/mol. The fraction of sp³-hybridized carbons (Fsp3) is 0.500. The molecule has 0 rings (SSSR count). The zero-order valence-electron chi connectivity index (χ0n) is 6.20. The number of hydrogen-bond acceptors (Lipinski definition) is 3. The van der Waals surface area contributed by atoms with Gasteiger partial charge in [-0.1, -0.05) is 16.5 Å². The van der Waals surface area contributed by atoms with Crippen molar-refractivity contribution in [1.82, 2.24) is 0 Å². The molecule has 0 aromatic rings. The van der Waals surface area contributed by atoms with E-state index in [0.29, 0.717) is 22.8 Å². The average molecular weight is 186 g/mol. The van der Waals surface area contributed by atoms with Gasteiger partial charge in [-0.25, -0.2) is 0 Å². The summed E-state index contributed by atoms with van der Waals surface area (Å²) in [6, 6.07) is 0. The molecule has 0 aliphatic carbocycles. The van der Waals surface area contributed by atoms with Crippen molar-refractivity contribution in [2.45, 2.75) is 6.32 Å². The Kier molecular flexibility index (Phi) is 20.5. The molecule has 0 bridgehead atoms. The van der Waals surface area contributed by atoms with Crippen LogP contribution in [-0.4, -0.2) is 25.7 Å². The van der Waals surface area contributed by atoms with Crippen molar-refractivity contribution in [3.8, 4) is 0 Å². The third-order valence-electron chi connectivity index (χ3n) is 0.529. The van der Waals surface area contributed by atoms with E-state index in [0.717, 1.165) is 0 Å². The lowest BCUT2D eigenvalue weighted by Crippen LogP contribution is -1.81. The van der Waals surface area contributed by atoms with Crippen molar-refractivity contribution in [3.05, 3.63) is 12.6 Å². The summed E-state index contributed by atoms with van der Waals surface area (Å²) in [4.78, 5) is 0. The molecule has 0 aliphatic heterocycles. The topological polar surface area (TPSA) is 67.9 Å². The first-order valence-corrected chi connectivity index (χ1v) is 4.86. The van der Waals surface area contributed by atoms with Crippen LogP contribution >= 0.6 is 16.5 Å². The summed E-state index contributed by atoms with van der Waals surface area (Å²) in [5.74, 6) is 1.61. The number of aliphatic hydroxyl groups is 1. The van der Waals surface area contributed by atoms with Gasteiger partial charge in [0.2, 0.25) is 14.0 Å². The van der Waals surface area contributed by atoms with E-state index in [2.05, 4.69) is 6.58 Å². The number of rotatable bonds is 5. The van der Waals surface area contributed by atoms with Crippen LogP contribution in [0.15, 0.2) is 12.6 Å². The van der Waals surface area contributed by atoms with Crippen LogP contribution < -0.4 is 0 Å². The van der Waals surface area contributed by atoms with Gasteiger partial charge < -0.3 is 5.11 Å². The lowest BCUT2D eigenvalue weighted by molar-refractivity contribution is 0.318. The second kappa shape index (κ2) is 16.5. The van der Waals surface area contributed by atoms with Crippen molar-refractivity contribution in [2.24, 2.45) is 0 Å². The molecule has 0 spiro atoms. The van der Waals surface area contributed by atoms with Crippen LogP contribution in [0.1, 0.15) is 0 Å². The number of aliphatic hydroxyl groups excluding tert-OH is 1. The minimum atomic E-state index is 0.172. The lowest BCUT2D eigenvalue weighted by Gasteiger charge is -1.77. The van der Waals surface area contributed by atoms with E-state index < -0.39 is 0 Å². The Morgan fingerprint density at radius 2 is 2.09 bits per heavy atom. The highest BCUT2D eigenvalue weighted by Crippen LogP contribution is 1.89. The maximum Gasteiger partial charge on any atom is 0.237 e. The summed E-state index contributed by atoms with van der Waals surface area (Å²) in [6.07, 6.45) is 0.644. The molecule has 0 unspecified atom stereocenters. The van der Waals surface area contributed by atoms with Crippen molar-refractivity contribution in [2.75, 3.05) is 6.61 Å². The summed E-state index contributed by atoms with van der Waals surface area (Å²) in [5, 5.41) is 21.0. The van der Waals surface area contributed by atoms with E-state index in [1.807, 2.05) is 0 Å². The fourth-order valence-electron chi connectivity index (χ4n) is 0.175. The molecule has 7 heteroatoms. The van der Waals surface area contributed by atoms with Crippen LogP contribution in [0.5, 0.6) is 0 Å². The van der Waals surface area contributed by atoms with Crippen LogP contribution in [0.3, 0.4) is 0 Å². The summed E-state index contributed by atoms with van der Waals surface area (Å²) in [5.41, 5.74) is 0. The molecule has 0 aromatic carbocycles. The van der Waals surface area contributed by atoms with Crippen molar-refractivity contribution in [1.29, 1.82) is 10.3 Å². The predicted molar refractivity (Wildman–Crippen MR) is 52.9 cm³/mol. The van der Waals surface area contributed by atoms with Gasteiger partial charge in [0.25, 0.3) is 0 Å². The first-order valence-electron chi connectivity index (χ1n) is 2.93. The summed E-state index contributed by atoms with van der Waals surface area (Å²) in [6.45, 7) is 6.89. The van der Waals surface area contributed by atoms with Gasteiger partial charge in [-0.2, -0.15) is 0 Å². The summed E-state index contributed by atoms with van der Waals surface area (Å²) >= 11 is 0. The van der Waals surface area contributed by atoms with Gasteiger partial charge in [-0.15, -0.1) is 12.6 Å². The fourth-order valence-corrected chi connectivity index (χ4v) is 0.525. The first-order chi connectivity index (χ1) is 5.33. The third-order valence-corrected chi connectivity index (χ3v) is 1.33. The molecule has 0 amide bonds. The molecule has 0 aromatic heterocycles. The highest BCUT2D eigenvalue weighted by Gasteiger charge is 1.79. The summed E-state index contributed by atoms with van der Waals surface area (Å²) in [7, 11) is 1.05. The Morgan fingerprint density at radius 1 is 1.45 bits per heavy atom. The maximum absolute atomic E-state index is 8.08. The van der Waals surface area contributed by atoms with Crippen LogP contribution in [-0.2, 0) is 0 Å². The van der Waals surface area contributed by atoms with E-state index in [9.17, 15) is 0 Å².